The van der Waals surface area contributed by atoms with Crippen LogP contribution in [0.25, 0.3) is 0 Å². The van der Waals surface area contributed by atoms with Gasteiger partial charge in [0.2, 0.25) is 0 Å². The average Bonchev–Trinajstić information content (AvgIpc) is 2.41. The lowest BCUT2D eigenvalue weighted by atomic mass is 10.2. The Morgan fingerprint density at radius 3 is 2.22 bits per heavy atom. The second kappa shape index (κ2) is 8.92. The van der Waals surface area contributed by atoms with Crippen molar-refractivity contribution in [1.82, 2.24) is 4.98 Å². The van der Waals surface area contributed by atoms with E-state index in [2.05, 4.69) is 35.9 Å². The molecule has 18 heavy (non-hydrogen) atoms. The van der Waals surface area contributed by atoms with Gasteiger partial charge in [0, 0.05) is 19.3 Å². The Morgan fingerprint density at radius 2 is 1.78 bits per heavy atom. The van der Waals surface area contributed by atoms with Crippen LogP contribution in [0.5, 0.6) is 0 Å². The van der Waals surface area contributed by atoms with E-state index in [4.69, 9.17) is 5.73 Å². The molecular formula is C15H27N3. The van der Waals surface area contributed by atoms with Crippen LogP contribution in [-0.2, 0) is 6.42 Å². The van der Waals surface area contributed by atoms with E-state index in [1.165, 1.54) is 31.2 Å². The fraction of sp³-hybridized carbons (Fsp3) is 0.667. The maximum atomic E-state index is 5.55. The second-order valence-corrected chi connectivity index (χ2v) is 4.76. The van der Waals surface area contributed by atoms with E-state index in [0.29, 0.717) is 6.54 Å². The number of unbranched alkanes of at least 4 members (excludes halogenated alkanes) is 2. The van der Waals surface area contributed by atoms with Gasteiger partial charge in [0.25, 0.3) is 0 Å². The Bertz CT molecular complexity index is 300. The Hall–Kier alpha value is -1.09. The molecule has 3 nitrogen and oxygen atoms in total. The van der Waals surface area contributed by atoms with Crippen molar-refractivity contribution in [2.24, 2.45) is 5.73 Å². The highest BCUT2D eigenvalue weighted by Gasteiger charge is 2.06. The lowest BCUT2D eigenvalue weighted by molar-refractivity contribution is 0.671. The maximum absolute atomic E-state index is 5.55. The third kappa shape index (κ3) is 5.05. The van der Waals surface area contributed by atoms with Crippen LogP contribution in [0.1, 0.15) is 45.1 Å². The predicted molar refractivity (Wildman–Crippen MR) is 79.0 cm³/mol. The van der Waals surface area contributed by atoms with E-state index in [-0.39, 0.29) is 0 Å². The van der Waals surface area contributed by atoms with Gasteiger partial charge in [-0.1, -0.05) is 32.8 Å². The van der Waals surface area contributed by atoms with Crippen LogP contribution in [0.2, 0.25) is 0 Å². The third-order valence-electron chi connectivity index (χ3n) is 3.13. The smallest absolute Gasteiger partial charge is 0.128 e. The summed E-state index contributed by atoms with van der Waals surface area (Å²) >= 11 is 0. The molecule has 0 saturated heterocycles. The highest BCUT2D eigenvalue weighted by molar-refractivity contribution is 5.39. The van der Waals surface area contributed by atoms with Crippen LogP contribution < -0.4 is 10.6 Å². The van der Waals surface area contributed by atoms with E-state index in [1.54, 1.807) is 0 Å². The van der Waals surface area contributed by atoms with Crippen LogP contribution in [0, 0.1) is 0 Å². The normalized spacial score (nSPS) is 10.6. The van der Waals surface area contributed by atoms with E-state index >= 15 is 0 Å². The summed E-state index contributed by atoms with van der Waals surface area (Å²) < 4.78 is 0. The van der Waals surface area contributed by atoms with Gasteiger partial charge in [-0.05, 0) is 37.4 Å². The van der Waals surface area contributed by atoms with Crippen LogP contribution >= 0.6 is 0 Å². The van der Waals surface area contributed by atoms with Crippen LogP contribution in [-0.4, -0.2) is 24.6 Å². The lowest BCUT2D eigenvalue weighted by Gasteiger charge is -2.23. The van der Waals surface area contributed by atoms with Crippen molar-refractivity contribution in [3.8, 4) is 0 Å². The number of aromatic nitrogens is 1. The van der Waals surface area contributed by atoms with Crippen molar-refractivity contribution in [1.29, 1.82) is 0 Å². The van der Waals surface area contributed by atoms with Gasteiger partial charge in [-0.2, -0.15) is 0 Å². The molecule has 0 fully saturated rings. The van der Waals surface area contributed by atoms with Gasteiger partial charge in [-0.3, -0.25) is 0 Å². The molecule has 0 aliphatic carbocycles. The topological polar surface area (TPSA) is 42.1 Å². The zero-order chi connectivity index (χ0) is 13.2. The molecule has 0 atom stereocenters. The molecule has 0 aliphatic rings. The molecule has 1 rings (SSSR count). The first-order valence-electron chi connectivity index (χ1n) is 7.21. The molecule has 0 radical (unpaired) electrons. The van der Waals surface area contributed by atoms with E-state index < -0.39 is 0 Å². The quantitative estimate of drug-likeness (QED) is 0.731. The molecule has 0 aliphatic heterocycles. The van der Waals surface area contributed by atoms with E-state index in [1.807, 2.05) is 6.20 Å². The zero-order valence-electron chi connectivity index (χ0n) is 11.9. The summed E-state index contributed by atoms with van der Waals surface area (Å²) in [5, 5.41) is 0. The molecular weight excluding hydrogens is 222 g/mol. The van der Waals surface area contributed by atoms with Crippen molar-refractivity contribution in [2.75, 3.05) is 24.5 Å². The van der Waals surface area contributed by atoms with Gasteiger partial charge in [0.1, 0.15) is 5.82 Å². The second-order valence-electron chi connectivity index (χ2n) is 4.76. The molecule has 0 amide bonds. The first-order valence-corrected chi connectivity index (χ1v) is 7.21. The van der Waals surface area contributed by atoms with Crippen molar-refractivity contribution in [3.05, 3.63) is 23.9 Å². The molecule has 0 spiro atoms. The van der Waals surface area contributed by atoms with Gasteiger partial charge in [-0.25, -0.2) is 4.98 Å². The van der Waals surface area contributed by atoms with Gasteiger partial charge in [0.15, 0.2) is 0 Å². The first kappa shape index (κ1) is 15.0. The van der Waals surface area contributed by atoms with Crippen molar-refractivity contribution >= 4 is 5.82 Å². The summed E-state index contributed by atoms with van der Waals surface area (Å²) in [6.45, 7) is 7.38. The number of nitrogens with zero attached hydrogens (tertiary/aromatic N) is 2. The van der Waals surface area contributed by atoms with Crippen molar-refractivity contribution in [2.45, 2.75) is 46.0 Å². The molecule has 1 aromatic heterocycles. The molecule has 1 aromatic rings. The molecule has 1 heterocycles. The SMILES string of the molecule is CCCCN(CCCC)c1ccc(CCN)cn1. The largest absolute Gasteiger partial charge is 0.357 e. The predicted octanol–water partition coefficient (Wildman–Crippen LogP) is 2.99. The zero-order valence-corrected chi connectivity index (χ0v) is 11.9. The molecule has 0 aromatic carbocycles. The van der Waals surface area contributed by atoms with Crippen LogP contribution in [0.3, 0.4) is 0 Å². The monoisotopic (exact) mass is 249 g/mol. The molecule has 2 N–H and O–H groups in total. The summed E-state index contributed by atoms with van der Waals surface area (Å²) in [5.74, 6) is 1.11. The number of rotatable bonds is 9. The van der Waals surface area contributed by atoms with Crippen molar-refractivity contribution < 1.29 is 0 Å². The fourth-order valence-electron chi connectivity index (χ4n) is 1.96. The van der Waals surface area contributed by atoms with Crippen LogP contribution in [0.4, 0.5) is 5.82 Å². The van der Waals surface area contributed by atoms with Gasteiger partial charge in [0.05, 0.1) is 0 Å². The highest BCUT2D eigenvalue weighted by Crippen LogP contribution is 2.13. The molecule has 3 heteroatoms. The standard InChI is InChI=1S/C15H27N3/c1-3-5-11-18(12-6-4-2)15-8-7-14(9-10-16)13-17-15/h7-8,13H,3-6,9-12,16H2,1-2H3. The summed E-state index contributed by atoms with van der Waals surface area (Å²) in [6.07, 6.45) is 7.80. The summed E-state index contributed by atoms with van der Waals surface area (Å²) in [4.78, 5) is 6.98. The van der Waals surface area contributed by atoms with Crippen molar-refractivity contribution in [3.63, 3.8) is 0 Å². The van der Waals surface area contributed by atoms with E-state index in [9.17, 15) is 0 Å². The first-order chi connectivity index (χ1) is 8.81. The minimum absolute atomic E-state index is 0.691. The molecule has 0 unspecified atom stereocenters. The number of pyridine rings is 1. The summed E-state index contributed by atoms with van der Waals surface area (Å²) in [7, 11) is 0. The Kier molecular flexibility index (Phi) is 7.42. The summed E-state index contributed by atoms with van der Waals surface area (Å²) in [6, 6.07) is 4.29. The number of anilines is 1. The third-order valence-corrected chi connectivity index (χ3v) is 3.13. The Morgan fingerprint density at radius 1 is 1.11 bits per heavy atom. The number of nitrogens with two attached hydrogens (primary N) is 1. The fourth-order valence-corrected chi connectivity index (χ4v) is 1.96. The minimum Gasteiger partial charge on any atom is -0.357 e. The average molecular weight is 249 g/mol. The molecule has 102 valence electrons. The number of hydrogen-bond acceptors (Lipinski definition) is 3. The van der Waals surface area contributed by atoms with Crippen LogP contribution in [0.15, 0.2) is 18.3 Å². The van der Waals surface area contributed by atoms with Gasteiger partial charge >= 0.3 is 0 Å². The van der Waals surface area contributed by atoms with Gasteiger partial charge in [-0.15, -0.1) is 0 Å². The molecule has 0 saturated carbocycles. The number of hydrogen-bond donors (Lipinski definition) is 1. The van der Waals surface area contributed by atoms with Gasteiger partial charge < -0.3 is 10.6 Å². The molecule has 0 bridgehead atoms. The lowest BCUT2D eigenvalue weighted by Crippen LogP contribution is -2.26. The van der Waals surface area contributed by atoms with E-state index in [0.717, 1.165) is 25.3 Å². The maximum Gasteiger partial charge on any atom is 0.128 e. The Labute approximate surface area is 111 Å². The Balaban J connectivity index is 2.64. The minimum atomic E-state index is 0.691. The summed E-state index contributed by atoms with van der Waals surface area (Å²) in [5.41, 5.74) is 6.78. The highest BCUT2D eigenvalue weighted by atomic mass is 15.2.